The van der Waals surface area contributed by atoms with Crippen LogP contribution in [0.2, 0.25) is 0 Å². The highest BCUT2D eigenvalue weighted by molar-refractivity contribution is 7.89. The minimum atomic E-state index is -3.61. The Morgan fingerprint density at radius 2 is 1.76 bits per heavy atom. The second kappa shape index (κ2) is 11.0. The van der Waals surface area contributed by atoms with Gasteiger partial charge in [0, 0.05) is 52.0 Å². The van der Waals surface area contributed by atoms with Gasteiger partial charge in [0.05, 0.1) is 24.7 Å². The summed E-state index contributed by atoms with van der Waals surface area (Å²) < 4.78 is 38.1. The van der Waals surface area contributed by atoms with E-state index in [2.05, 4.69) is 15.2 Å². The first-order valence-electron chi connectivity index (χ1n) is 11.5. The van der Waals surface area contributed by atoms with Gasteiger partial charge in [-0.1, -0.05) is 0 Å². The molecule has 0 saturated carbocycles. The molecule has 1 aromatic heterocycles. The summed E-state index contributed by atoms with van der Waals surface area (Å²) in [6.07, 6.45) is 1.75. The molecule has 2 aromatic rings. The molecule has 184 valence electrons. The molecule has 1 aromatic carbocycles. The normalized spacial score (nSPS) is 17.4. The first kappa shape index (κ1) is 24.2. The van der Waals surface area contributed by atoms with Gasteiger partial charge in [0.1, 0.15) is 11.6 Å². The van der Waals surface area contributed by atoms with Crippen molar-refractivity contribution in [3.8, 4) is 5.75 Å². The van der Waals surface area contributed by atoms with Crippen LogP contribution in [-0.2, 0) is 21.3 Å². The number of morpholine rings is 1. The fourth-order valence-corrected chi connectivity index (χ4v) is 5.40. The van der Waals surface area contributed by atoms with Gasteiger partial charge >= 0.3 is 6.03 Å². The van der Waals surface area contributed by atoms with Gasteiger partial charge in [0.25, 0.3) is 0 Å². The molecule has 2 aliphatic rings. The highest BCUT2D eigenvalue weighted by atomic mass is 32.2. The number of nitrogens with zero attached hydrogens (tertiary/aromatic N) is 4. The average Bonchev–Trinajstić information content (AvgIpc) is 2.88. The molecule has 0 bridgehead atoms. The van der Waals surface area contributed by atoms with Crippen LogP contribution in [0.5, 0.6) is 5.75 Å². The minimum absolute atomic E-state index is 0.206. The molecule has 0 atom stereocenters. The van der Waals surface area contributed by atoms with Gasteiger partial charge in [-0.15, -0.1) is 0 Å². The Labute approximate surface area is 200 Å². The van der Waals surface area contributed by atoms with Crippen LogP contribution in [0.1, 0.15) is 12.5 Å². The SMILES string of the molecule is CCOc1ccc(S(=O)(=O)N2CCN(C(=O)NCc3ccnc(N4CCOCC4)c3)CC2)cc1. The number of urea groups is 1. The highest BCUT2D eigenvalue weighted by Crippen LogP contribution is 2.21. The zero-order chi connectivity index (χ0) is 24.0. The van der Waals surface area contributed by atoms with Crippen molar-refractivity contribution in [3.05, 3.63) is 48.2 Å². The van der Waals surface area contributed by atoms with Crippen LogP contribution in [0.4, 0.5) is 10.6 Å². The predicted octanol–water partition coefficient (Wildman–Crippen LogP) is 1.53. The van der Waals surface area contributed by atoms with E-state index in [0.717, 1.165) is 24.5 Å². The molecular weight excluding hydrogens is 458 g/mol. The van der Waals surface area contributed by atoms with E-state index in [4.69, 9.17) is 9.47 Å². The molecule has 1 N–H and O–H groups in total. The quantitative estimate of drug-likeness (QED) is 0.629. The van der Waals surface area contributed by atoms with Crippen molar-refractivity contribution in [2.75, 3.05) is 64.0 Å². The number of carbonyl (C=O) groups excluding carboxylic acids is 1. The molecule has 10 nitrogen and oxygen atoms in total. The lowest BCUT2D eigenvalue weighted by Gasteiger charge is -2.34. The number of amides is 2. The number of ether oxygens (including phenoxy) is 2. The van der Waals surface area contributed by atoms with E-state index in [1.54, 1.807) is 35.4 Å². The molecule has 2 fully saturated rings. The van der Waals surface area contributed by atoms with Gasteiger partial charge in [-0.3, -0.25) is 0 Å². The van der Waals surface area contributed by atoms with Gasteiger partial charge in [-0.2, -0.15) is 4.31 Å². The van der Waals surface area contributed by atoms with Crippen molar-refractivity contribution in [2.45, 2.75) is 18.4 Å². The lowest BCUT2D eigenvalue weighted by atomic mass is 10.2. The summed E-state index contributed by atoms with van der Waals surface area (Å²) in [5, 5.41) is 2.94. The van der Waals surface area contributed by atoms with Gasteiger partial charge < -0.3 is 24.6 Å². The Hall–Kier alpha value is -2.89. The van der Waals surface area contributed by atoms with Crippen LogP contribution < -0.4 is 15.0 Å². The minimum Gasteiger partial charge on any atom is -0.494 e. The molecule has 34 heavy (non-hydrogen) atoms. The molecule has 2 saturated heterocycles. The Bertz CT molecular complexity index is 1070. The lowest BCUT2D eigenvalue weighted by Crippen LogP contribution is -2.52. The first-order chi connectivity index (χ1) is 16.5. The van der Waals surface area contributed by atoms with E-state index < -0.39 is 10.0 Å². The van der Waals surface area contributed by atoms with Crippen LogP contribution in [-0.4, -0.2) is 87.7 Å². The Morgan fingerprint density at radius 1 is 1.06 bits per heavy atom. The van der Waals surface area contributed by atoms with E-state index in [0.29, 0.717) is 45.2 Å². The third kappa shape index (κ3) is 5.78. The van der Waals surface area contributed by atoms with E-state index in [1.165, 1.54) is 4.31 Å². The number of piperazine rings is 1. The molecule has 0 aliphatic carbocycles. The predicted molar refractivity (Wildman–Crippen MR) is 127 cm³/mol. The number of pyridine rings is 1. The van der Waals surface area contributed by atoms with Crippen LogP contribution in [0.15, 0.2) is 47.5 Å². The zero-order valence-corrected chi connectivity index (χ0v) is 20.2. The molecule has 2 amide bonds. The fraction of sp³-hybridized carbons (Fsp3) is 0.478. The third-order valence-electron chi connectivity index (χ3n) is 5.89. The highest BCUT2D eigenvalue weighted by Gasteiger charge is 2.30. The van der Waals surface area contributed by atoms with Crippen LogP contribution in [0.25, 0.3) is 0 Å². The fourth-order valence-electron chi connectivity index (χ4n) is 3.98. The Morgan fingerprint density at radius 3 is 2.44 bits per heavy atom. The number of anilines is 1. The van der Waals surface area contributed by atoms with E-state index in [9.17, 15) is 13.2 Å². The second-order valence-electron chi connectivity index (χ2n) is 8.08. The number of benzene rings is 1. The zero-order valence-electron chi connectivity index (χ0n) is 19.4. The summed E-state index contributed by atoms with van der Waals surface area (Å²) in [6, 6.07) is 10.1. The molecule has 11 heteroatoms. The number of aromatic nitrogens is 1. The Balaban J connectivity index is 1.28. The smallest absolute Gasteiger partial charge is 0.317 e. The van der Waals surface area contributed by atoms with Gasteiger partial charge in [-0.05, 0) is 48.9 Å². The number of sulfonamides is 1. The second-order valence-corrected chi connectivity index (χ2v) is 10.0. The Kier molecular flexibility index (Phi) is 7.86. The number of carbonyl (C=O) groups is 1. The topological polar surface area (TPSA) is 104 Å². The van der Waals surface area contributed by atoms with Crippen LogP contribution >= 0.6 is 0 Å². The van der Waals surface area contributed by atoms with Crippen LogP contribution in [0.3, 0.4) is 0 Å². The monoisotopic (exact) mass is 489 g/mol. The molecule has 2 aliphatic heterocycles. The van der Waals surface area contributed by atoms with Gasteiger partial charge in [0.2, 0.25) is 10.0 Å². The van der Waals surface area contributed by atoms with Crippen molar-refractivity contribution >= 4 is 21.9 Å². The maximum Gasteiger partial charge on any atom is 0.317 e. The standard InChI is InChI=1S/C23H31N5O5S/c1-2-33-20-3-5-21(6-4-20)34(30,31)28-11-9-27(10-12-28)23(29)25-18-19-7-8-24-22(17-19)26-13-15-32-16-14-26/h3-8,17H,2,9-16,18H2,1H3,(H,25,29). The van der Waals surface area contributed by atoms with Gasteiger partial charge in [-0.25, -0.2) is 18.2 Å². The molecule has 3 heterocycles. The average molecular weight is 490 g/mol. The van der Waals surface area contributed by atoms with Gasteiger partial charge in [0.15, 0.2) is 0 Å². The van der Waals surface area contributed by atoms with E-state index >= 15 is 0 Å². The van der Waals surface area contributed by atoms with Crippen LogP contribution in [0, 0.1) is 0 Å². The van der Waals surface area contributed by atoms with Crippen molar-refractivity contribution in [1.29, 1.82) is 0 Å². The lowest BCUT2D eigenvalue weighted by molar-refractivity contribution is 0.122. The number of hydrogen-bond acceptors (Lipinski definition) is 7. The number of rotatable bonds is 7. The van der Waals surface area contributed by atoms with Crippen molar-refractivity contribution in [2.24, 2.45) is 0 Å². The first-order valence-corrected chi connectivity index (χ1v) is 12.9. The molecular formula is C23H31N5O5S. The number of nitrogens with one attached hydrogen (secondary N) is 1. The third-order valence-corrected chi connectivity index (χ3v) is 7.80. The summed E-state index contributed by atoms with van der Waals surface area (Å²) in [7, 11) is -3.61. The van der Waals surface area contributed by atoms with Crippen molar-refractivity contribution in [3.63, 3.8) is 0 Å². The summed E-state index contributed by atoms with van der Waals surface area (Å²) >= 11 is 0. The molecule has 0 spiro atoms. The molecule has 4 rings (SSSR count). The van der Waals surface area contributed by atoms with Crippen molar-refractivity contribution < 1.29 is 22.7 Å². The largest absolute Gasteiger partial charge is 0.494 e. The van der Waals surface area contributed by atoms with E-state index in [-0.39, 0.29) is 24.0 Å². The summed E-state index contributed by atoms with van der Waals surface area (Å²) in [4.78, 5) is 21.1. The maximum absolute atomic E-state index is 13.0. The summed E-state index contributed by atoms with van der Waals surface area (Å²) in [6.45, 7) is 6.90. The summed E-state index contributed by atoms with van der Waals surface area (Å²) in [5.41, 5.74) is 0.960. The summed E-state index contributed by atoms with van der Waals surface area (Å²) in [5.74, 6) is 1.51. The maximum atomic E-state index is 13.0. The number of hydrogen-bond donors (Lipinski definition) is 1. The van der Waals surface area contributed by atoms with Crippen molar-refractivity contribution in [1.82, 2.24) is 19.5 Å². The van der Waals surface area contributed by atoms with E-state index in [1.807, 2.05) is 19.1 Å². The molecule has 0 unspecified atom stereocenters. The molecule has 0 radical (unpaired) electrons.